The van der Waals surface area contributed by atoms with E-state index >= 15 is 0 Å². The fourth-order valence-electron chi connectivity index (χ4n) is 3.48. The second-order valence-corrected chi connectivity index (χ2v) is 16.3. The van der Waals surface area contributed by atoms with Crippen LogP contribution in [0.15, 0.2) is 24.3 Å². The lowest BCUT2D eigenvalue weighted by atomic mass is 10.2. The molecule has 0 bridgehead atoms. The van der Waals surface area contributed by atoms with Gasteiger partial charge in [-0.15, -0.1) is 0 Å². The minimum absolute atomic E-state index is 0.00987. The molecule has 0 radical (unpaired) electrons. The van der Waals surface area contributed by atoms with Gasteiger partial charge in [-0.2, -0.15) is 17.0 Å². The van der Waals surface area contributed by atoms with Crippen molar-refractivity contribution in [2.45, 2.75) is 70.5 Å². The number of carbonyl (C=O) groups is 2. The first kappa shape index (κ1) is 29.6. The first-order valence-corrected chi connectivity index (χ1v) is 15.9. The highest BCUT2D eigenvalue weighted by Crippen LogP contribution is 2.39. The van der Waals surface area contributed by atoms with E-state index in [1.165, 1.54) is 19.2 Å². The van der Waals surface area contributed by atoms with Crippen LogP contribution in [0, 0.1) is 21.6 Å². The van der Waals surface area contributed by atoms with Gasteiger partial charge < -0.3 is 14.1 Å². The average molecular weight is 537 g/mol. The van der Waals surface area contributed by atoms with Gasteiger partial charge in [0.2, 0.25) is 5.91 Å². The van der Waals surface area contributed by atoms with Crippen molar-refractivity contribution in [3.63, 3.8) is 0 Å². The molecular formula is C24H36N4O6SSi. The van der Waals surface area contributed by atoms with E-state index in [1.54, 1.807) is 35.0 Å². The number of amides is 2. The van der Waals surface area contributed by atoms with E-state index in [2.05, 4.69) is 33.9 Å². The quantitative estimate of drug-likeness (QED) is 0.105. The first-order chi connectivity index (χ1) is 16.7. The molecule has 0 aliphatic carbocycles. The zero-order valence-corrected chi connectivity index (χ0v) is 23.7. The van der Waals surface area contributed by atoms with Crippen LogP contribution < -0.4 is 0 Å². The summed E-state index contributed by atoms with van der Waals surface area (Å²) in [7, 11) is -0.601. The van der Waals surface area contributed by atoms with Crippen molar-refractivity contribution in [2.24, 2.45) is 0 Å². The summed E-state index contributed by atoms with van der Waals surface area (Å²) < 4.78 is 12.1. The third-order valence-corrected chi connectivity index (χ3v) is 12.3. The van der Waals surface area contributed by atoms with Crippen LogP contribution >= 0.6 is 11.8 Å². The van der Waals surface area contributed by atoms with E-state index in [4.69, 9.17) is 14.4 Å². The standard InChI is InChI=1S/C24H36N4O6SSi/c1-24(2,3)36(5,6)34-21-13-20(16-35-12-11-22(29)26(4)17-25)27(14-21)23(30)33-15-18-7-9-19(10-8-18)28(31)32/h7-10,20-21H,11-16H2,1-6H3/t20-,21-/m0/s1. The van der Waals surface area contributed by atoms with Gasteiger partial charge in [0.15, 0.2) is 14.5 Å². The number of nitriles is 1. The summed E-state index contributed by atoms with van der Waals surface area (Å²) in [6.45, 7) is 11.3. The fourth-order valence-corrected chi connectivity index (χ4v) is 5.91. The maximum atomic E-state index is 13.0. The van der Waals surface area contributed by atoms with Crippen molar-refractivity contribution < 1.29 is 23.7 Å². The Kier molecular flexibility index (Phi) is 10.3. The van der Waals surface area contributed by atoms with Crippen molar-refractivity contribution >= 4 is 37.8 Å². The maximum Gasteiger partial charge on any atom is 0.410 e. The number of nitro groups is 1. The van der Waals surface area contributed by atoms with E-state index in [0.29, 0.717) is 30.0 Å². The molecule has 2 atom stereocenters. The van der Waals surface area contributed by atoms with E-state index < -0.39 is 19.3 Å². The van der Waals surface area contributed by atoms with Gasteiger partial charge in [-0.05, 0) is 42.2 Å². The highest BCUT2D eigenvalue weighted by Gasteiger charge is 2.44. The third-order valence-electron chi connectivity index (χ3n) is 6.68. The molecule has 1 aliphatic rings. The molecule has 1 aliphatic heterocycles. The Morgan fingerprint density at radius 1 is 1.31 bits per heavy atom. The van der Waals surface area contributed by atoms with E-state index in [0.717, 1.165) is 4.90 Å². The van der Waals surface area contributed by atoms with Crippen LogP contribution in [0.5, 0.6) is 0 Å². The molecule has 1 aromatic rings. The summed E-state index contributed by atoms with van der Waals surface area (Å²) in [6.07, 6.45) is 2.17. The molecule has 12 heteroatoms. The molecule has 1 heterocycles. The van der Waals surface area contributed by atoms with Crippen molar-refractivity contribution in [3.05, 3.63) is 39.9 Å². The van der Waals surface area contributed by atoms with Crippen LogP contribution in [0.1, 0.15) is 39.2 Å². The van der Waals surface area contributed by atoms with Crippen LogP contribution in [-0.4, -0.2) is 72.3 Å². The van der Waals surface area contributed by atoms with Crippen LogP contribution in [0.3, 0.4) is 0 Å². The zero-order chi connectivity index (χ0) is 27.1. The minimum Gasteiger partial charge on any atom is -0.445 e. The average Bonchev–Trinajstić information content (AvgIpc) is 3.20. The number of nitrogens with zero attached hydrogens (tertiary/aromatic N) is 4. The SMILES string of the molecule is CN(C#N)C(=O)CCSC[C@@H]1C[C@H](O[Si](C)(C)C(C)(C)C)CN1C(=O)OCc1ccc([N+](=O)[O-])cc1. The van der Waals surface area contributed by atoms with Crippen LogP contribution in [0.25, 0.3) is 0 Å². The molecular weight excluding hydrogens is 500 g/mol. The topological polar surface area (TPSA) is 126 Å². The highest BCUT2D eigenvalue weighted by atomic mass is 32.2. The van der Waals surface area contributed by atoms with Crippen LogP contribution in [0.4, 0.5) is 10.5 Å². The molecule has 1 fully saturated rings. The minimum atomic E-state index is -2.04. The van der Waals surface area contributed by atoms with Crippen molar-refractivity contribution in [1.29, 1.82) is 5.26 Å². The van der Waals surface area contributed by atoms with Crippen molar-refractivity contribution in [1.82, 2.24) is 9.80 Å². The van der Waals surface area contributed by atoms with Crippen LogP contribution in [-0.2, 0) is 20.6 Å². The lowest BCUT2D eigenvalue weighted by Gasteiger charge is -2.38. The number of carbonyl (C=O) groups excluding carboxylic acids is 2. The Hall–Kier alpha value is -2.62. The molecule has 1 aromatic carbocycles. The summed E-state index contributed by atoms with van der Waals surface area (Å²) in [5, 5.41) is 19.7. The molecule has 2 amide bonds. The summed E-state index contributed by atoms with van der Waals surface area (Å²) in [5.74, 6) is 0.920. The zero-order valence-electron chi connectivity index (χ0n) is 21.9. The predicted octanol–water partition coefficient (Wildman–Crippen LogP) is 4.76. The Morgan fingerprint density at radius 3 is 2.50 bits per heavy atom. The Bertz CT molecular complexity index is 976. The molecule has 0 unspecified atom stereocenters. The number of benzene rings is 1. The van der Waals surface area contributed by atoms with Gasteiger partial charge in [-0.1, -0.05) is 20.8 Å². The first-order valence-electron chi connectivity index (χ1n) is 11.8. The number of ether oxygens (including phenoxy) is 1. The number of likely N-dealkylation sites (tertiary alicyclic amines) is 1. The monoisotopic (exact) mass is 536 g/mol. The molecule has 0 saturated carbocycles. The number of hydrogen-bond acceptors (Lipinski definition) is 8. The third kappa shape index (κ3) is 8.21. The van der Waals surface area contributed by atoms with E-state index in [-0.39, 0.29) is 41.8 Å². The number of hydrogen-bond donors (Lipinski definition) is 0. The van der Waals surface area contributed by atoms with Gasteiger partial charge in [0, 0.05) is 49.7 Å². The van der Waals surface area contributed by atoms with Gasteiger partial charge >= 0.3 is 6.09 Å². The maximum absolute atomic E-state index is 13.0. The van der Waals surface area contributed by atoms with Gasteiger partial charge in [-0.3, -0.25) is 19.8 Å². The summed E-state index contributed by atoms with van der Waals surface area (Å²) in [6, 6.07) is 5.79. The molecule has 10 nitrogen and oxygen atoms in total. The van der Waals surface area contributed by atoms with E-state index in [9.17, 15) is 19.7 Å². The van der Waals surface area contributed by atoms with Gasteiger partial charge in [0.05, 0.1) is 11.0 Å². The molecule has 0 spiro atoms. The molecule has 0 aromatic heterocycles. The highest BCUT2D eigenvalue weighted by molar-refractivity contribution is 7.99. The Balaban J connectivity index is 2.02. The number of non-ortho nitro benzene ring substituents is 1. The lowest BCUT2D eigenvalue weighted by molar-refractivity contribution is -0.384. The smallest absolute Gasteiger partial charge is 0.410 e. The van der Waals surface area contributed by atoms with Crippen molar-refractivity contribution in [3.8, 4) is 6.19 Å². The lowest BCUT2D eigenvalue weighted by Crippen LogP contribution is -2.44. The largest absolute Gasteiger partial charge is 0.445 e. The molecule has 1 saturated heterocycles. The predicted molar refractivity (Wildman–Crippen MR) is 141 cm³/mol. The van der Waals surface area contributed by atoms with Gasteiger partial charge in [-0.25, -0.2) is 4.79 Å². The molecule has 0 N–H and O–H groups in total. The Morgan fingerprint density at radius 2 is 1.94 bits per heavy atom. The second-order valence-electron chi connectivity index (χ2n) is 10.4. The summed E-state index contributed by atoms with van der Waals surface area (Å²) in [4.78, 5) is 38.0. The summed E-state index contributed by atoms with van der Waals surface area (Å²) >= 11 is 1.56. The Labute approximate surface area is 218 Å². The van der Waals surface area contributed by atoms with Crippen LogP contribution in [0.2, 0.25) is 18.1 Å². The number of rotatable bonds is 10. The molecule has 2 rings (SSSR count). The van der Waals surface area contributed by atoms with Gasteiger partial charge in [0.1, 0.15) is 6.61 Å². The molecule has 198 valence electrons. The number of nitro benzene ring substituents is 1. The van der Waals surface area contributed by atoms with E-state index in [1.807, 2.05) is 0 Å². The molecule has 36 heavy (non-hydrogen) atoms. The normalized spacial score (nSPS) is 18.0. The number of thioether (sulfide) groups is 1. The van der Waals surface area contributed by atoms with Crippen molar-refractivity contribution in [2.75, 3.05) is 25.1 Å². The fraction of sp³-hybridized carbons (Fsp3) is 0.625. The summed E-state index contributed by atoms with van der Waals surface area (Å²) in [5.41, 5.74) is 0.639. The van der Waals surface area contributed by atoms with Gasteiger partial charge in [0.25, 0.3) is 5.69 Å². The second kappa shape index (κ2) is 12.6.